The maximum atomic E-state index is 12.1. The van der Waals surface area contributed by atoms with Crippen molar-refractivity contribution < 1.29 is 14.6 Å². The van der Waals surface area contributed by atoms with Crippen LogP contribution in [-0.2, 0) is 4.74 Å². The molecule has 0 heterocycles. The van der Waals surface area contributed by atoms with E-state index in [0.717, 1.165) is 9.13 Å². The normalized spacial score (nSPS) is 12.2. The Labute approximate surface area is 121 Å². The Hall–Kier alpha value is -0.660. The van der Waals surface area contributed by atoms with E-state index in [1.165, 1.54) is 0 Å². The van der Waals surface area contributed by atoms with Crippen LogP contribution >= 0.6 is 22.6 Å². The van der Waals surface area contributed by atoms with Crippen molar-refractivity contribution in [3.63, 3.8) is 0 Å². The number of hydrogen-bond donors (Lipinski definition) is 2. The minimum Gasteiger partial charge on any atom is -0.394 e. The van der Waals surface area contributed by atoms with E-state index >= 15 is 0 Å². The molecule has 1 amide bonds. The number of carbonyl (C=O) groups is 1. The first-order valence-electron chi connectivity index (χ1n) is 5.76. The second-order valence-corrected chi connectivity index (χ2v) is 5.15. The first-order chi connectivity index (χ1) is 8.60. The van der Waals surface area contributed by atoms with Crippen LogP contribution in [0.4, 0.5) is 0 Å². The van der Waals surface area contributed by atoms with Crippen LogP contribution in [0.2, 0.25) is 0 Å². The molecule has 0 aromatic heterocycles. The summed E-state index contributed by atoms with van der Waals surface area (Å²) in [7, 11) is 1.60. The molecule has 0 saturated carbocycles. The van der Waals surface area contributed by atoms with Gasteiger partial charge in [0.25, 0.3) is 5.91 Å². The van der Waals surface area contributed by atoms with Gasteiger partial charge in [0, 0.05) is 17.3 Å². The van der Waals surface area contributed by atoms with Gasteiger partial charge in [-0.1, -0.05) is 12.1 Å². The predicted octanol–water partition coefficient (Wildman–Crippen LogP) is 1.73. The molecule has 1 aromatic carbocycles. The third kappa shape index (κ3) is 4.22. The summed E-state index contributed by atoms with van der Waals surface area (Å²) in [5.74, 6) is -0.154. The van der Waals surface area contributed by atoms with Gasteiger partial charge in [0.1, 0.15) is 0 Å². The first kappa shape index (κ1) is 15.4. The Kier molecular flexibility index (Phi) is 6.59. The molecule has 5 heteroatoms. The lowest BCUT2D eigenvalue weighted by Crippen LogP contribution is -2.38. The van der Waals surface area contributed by atoms with Crippen LogP contribution in [0.15, 0.2) is 18.2 Å². The molecule has 0 fully saturated rings. The zero-order valence-corrected chi connectivity index (χ0v) is 12.7. The molecule has 0 aliphatic carbocycles. The van der Waals surface area contributed by atoms with Gasteiger partial charge in [-0.3, -0.25) is 4.79 Å². The van der Waals surface area contributed by atoms with Crippen LogP contribution in [0.3, 0.4) is 0 Å². The van der Waals surface area contributed by atoms with E-state index < -0.39 is 0 Å². The fourth-order valence-corrected chi connectivity index (χ4v) is 2.16. The van der Waals surface area contributed by atoms with E-state index in [4.69, 9.17) is 4.74 Å². The highest BCUT2D eigenvalue weighted by Gasteiger charge is 2.15. The predicted molar refractivity (Wildman–Crippen MR) is 78.7 cm³/mol. The molecule has 100 valence electrons. The number of aliphatic hydroxyl groups is 1. The van der Waals surface area contributed by atoms with Crippen molar-refractivity contribution in [3.05, 3.63) is 32.9 Å². The number of aryl methyl sites for hydroxylation is 1. The first-order valence-corrected chi connectivity index (χ1v) is 6.83. The Morgan fingerprint density at radius 3 is 2.89 bits per heavy atom. The Morgan fingerprint density at radius 2 is 2.28 bits per heavy atom. The van der Waals surface area contributed by atoms with Gasteiger partial charge in [-0.25, -0.2) is 0 Å². The highest BCUT2D eigenvalue weighted by Crippen LogP contribution is 2.16. The van der Waals surface area contributed by atoms with Gasteiger partial charge < -0.3 is 15.2 Å². The molecule has 0 aliphatic rings. The summed E-state index contributed by atoms with van der Waals surface area (Å²) in [5.41, 5.74) is 1.71. The van der Waals surface area contributed by atoms with E-state index in [9.17, 15) is 9.90 Å². The quantitative estimate of drug-likeness (QED) is 0.757. The average Bonchev–Trinajstić information content (AvgIpc) is 2.37. The molecular formula is C13H18INO3. The monoisotopic (exact) mass is 363 g/mol. The van der Waals surface area contributed by atoms with Crippen LogP contribution in [0.1, 0.15) is 22.3 Å². The number of amides is 1. The lowest BCUT2D eigenvalue weighted by Gasteiger charge is -2.16. The maximum Gasteiger partial charge on any atom is 0.252 e. The van der Waals surface area contributed by atoms with Gasteiger partial charge in [-0.05, 0) is 47.6 Å². The summed E-state index contributed by atoms with van der Waals surface area (Å²) >= 11 is 2.16. The van der Waals surface area contributed by atoms with Gasteiger partial charge in [0.05, 0.1) is 18.2 Å². The second kappa shape index (κ2) is 7.70. The molecule has 0 radical (unpaired) electrons. The third-order valence-corrected chi connectivity index (χ3v) is 4.09. The van der Waals surface area contributed by atoms with Crippen molar-refractivity contribution in [3.8, 4) is 0 Å². The molecule has 1 aromatic rings. The third-order valence-electron chi connectivity index (χ3n) is 2.66. The molecule has 1 atom stereocenters. The number of hydrogen-bond acceptors (Lipinski definition) is 3. The number of methoxy groups -OCH3 is 1. The standard InChI is InChI=1S/C13H18INO3/c1-9-4-3-5-11(12(9)14)13(17)15-10(8-16)6-7-18-2/h3-5,10,16H,6-8H2,1-2H3,(H,15,17). The molecule has 0 aliphatic heterocycles. The topological polar surface area (TPSA) is 58.6 Å². The summed E-state index contributed by atoms with van der Waals surface area (Å²) in [5, 5.41) is 12.0. The Morgan fingerprint density at radius 1 is 1.56 bits per heavy atom. The maximum absolute atomic E-state index is 12.1. The van der Waals surface area contributed by atoms with E-state index in [0.29, 0.717) is 18.6 Å². The van der Waals surface area contributed by atoms with Crippen molar-refractivity contribution in [2.45, 2.75) is 19.4 Å². The number of nitrogens with one attached hydrogen (secondary N) is 1. The fraction of sp³-hybridized carbons (Fsp3) is 0.462. The Balaban J connectivity index is 2.72. The summed E-state index contributed by atoms with van der Waals surface area (Å²) in [6.45, 7) is 2.39. The van der Waals surface area contributed by atoms with Gasteiger partial charge >= 0.3 is 0 Å². The van der Waals surface area contributed by atoms with Gasteiger partial charge in [-0.15, -0.1) is 0 Å². The lowest BCUT2D eigenvalue weighted by molar-refractivity contribution is 0.0894. The summed E-state index contributed by atoms with van der Waals surface area (Å²) < 4.78 is 5.88. The van der Waals surface area contributed by atoms with E-state index in [1.807, 2.05) is 19.1 Å². The van der Waals surface area contributed by atoms with Crippen molar-refractivity contribution >= 4 is 28.5 Å². The number of aliphatic hydroxyl groups excluding tert-OH is 1. The number of ether oxygens (including phenoxy) is 1. The summed E-state index contributed by atoms with van der Waals surface area (Å²) in [6.07, 6.45) is 0.598. The number of rotatable bonds is 6. The molecule has 0 saturated heterocycles. The molecule has 0 bridgehead atoms. The van der Waals surface area contributed by atoms with E-state index in [2.05, 4.69) is 27.9 Å². The largest absolute Gasteiger partial charge is 0.394 e. The lowest BCUT2D eigenvalue weighted by atomic mass is 10.1. The summed E-state index contributed by atoms with van der Waals surface area (Å²) in [6, 6.07) is 5.34. The SMILES string of the molecule is COCCC(CO)NC(=O)c1cccc(C)c1I. The van der Waals surface area contributed by atoms with Gasteiger partial charge in [-0.2, -0.15) is 0 Å². The minimum atomic E-state index is -0.270. The van der Waals surface area contributed by atoms with Crippen LogP contribution in [0.5, 0.6) is 0 Å². The smallest absolute Gasteiger partial charge is 0.252 e. The van der Waals surface area contributed by atoms with E-state index in [-0.39, 0.29) is 18.6 Å². The molecule has 2 N–H and O–H groups in total. The molecule has 4 nitrogen and oxygen atoms in total. The van der Waals surface area contributed by atoms with Gasteiger partial charge in [0.2, 0.25) is 0 Å². The van der Waals surface area contributed by atoms with Crippen molar-refractivity contribution in [1.29, 1.82) is 0 Å². The molecular weight excluding hydrogens is 345 g/mol. The van der Waals surface area contributed by atoms with Crippen LogP contribution in [0.25, 0.3) is 0 Å². The zero-order valence-electron chi connectivity index (χ0n) is 10.6. The van der Waals surface area contributed by atoms with Crippen LogP contribution in [-0.4, -0.2) is 37.4 Å². The van der Waals surface area contributed by atoms with Gasteiger partial charge in [0.15, 0.2) is 0 Å². The molecule has 1 rings (SSSR count). The number of halogens is 1. The van der Waals surface area contributed by atoms with E-state index in [1.54, 1.807) is 13.2 Å². The van der Waals surface area contributed by atoms with Crippen LogP contribution < -0.4 is 5.32 Å². The number of carbonyl (C=O) groups excluding carboxylic acids is 1. The van der Waals surface area contributed by atoms with Crippen LogP contribution in [0, 0.1) is 10.5 Å². The van der Waals surface area contributed by atoms with Crippen molar-refractivity contribution in [1.82, 2.24) is 5.32 Å². The van der Waals surface area contributed by atoms with Crippen molar-refractivity contribution in [2.24, 2.45) is 0 Å². The molecule has 0 spiro atoms. The fourth-order valence-electron chi connectivity index (χ4n) is 1.56. The summed E-state index contributed by atoms with van der Waals surface area (Å²) in [4.78, 5) is 12.1. The molecule has 18 heavy (non-hydrogen) atoms. The highest BCUT2D eigenvalue weighted by molar-refractivity contribution is 14.1. The zero-order chi connectivity index (χ0) is 13.5. The molecule has 1 unspecified atom stereocenters. The van der Waals surface area contributed by atoms with Crippen molar-refractivity contribution in [2.75, 3.05) is 20.3 Å². The minimum absolute atomic E-state index is 0.0858. The average molecular weight is 363 g/mol. The number of benzene rings is 1. The second-order valence-electron chi connectivity index (χ2n) is 4.07. The Bertz CT molecular complexity index is 409. The highest BCUT2D eigenvalue weighted by atomic mass is 127.